The molecule has 6 heteroatoms. The van der Waals surface area contributed by atoms with Crippen molar-refractivity contribution in [2.45, 2.75) is 0 Å². The number of para-hydroxylation sites is 1. The molecule has 1 heterocycles. The summed E-state index contributed by atoms with van der Waals surface area (Å²) >= 11 is 0. The molecule has 0 aliphatic rings. The molecule has 1 amide bonds. The predicted octanol–water partition coefficient (Wildman–Crippen LogP) is 2.83. The number of fused-ring (bicyclic) bond motifs is 1. The first-order valence-corrected chi connectivity index (χ1v) is 6.14. The third-order valence-electron chi connectivity index (χ3n) is 3.06. The van der Waals surface area contributed by atoms with E-state index in [0.717, 1.165) is 11.6 Å². The van der Waals surface area contributed by atoms with Crippen molar-refractivity contribution in [1.82, 2.24) is 10.2 Å². The molecule has 1 aromatic heterocycles. The predicted molar refractivity (Wildman–Crippen MR) is 75.2 cm³/mol. The first-order chi connectivity index (χ1) is 10.2. The fourth-order valence-electron chi connectivity index (χ4n) is 2.06. The number of hydrogen-bond donors (Lipinski definition) is 2. The van der Waals surface area contributed by atoms with Crippen LogP contribution in [0.25, 0.3) is 10.9 Å². The van der Waals surface area contributed by atoms with Crippen LogP contribution in [0.15, 0.2) is 42.5 Å². The van der Waals surface area contributed by atoms with Crippen LogP contribution in [0.5, 0.6) is 0 Å². The Kier molecular flexibility index (Phi) is 3.09. The Morgan fingerprint density at radius 3 is 2.86 bits per heavy atom. The monoisotopic (exact) mass is 280 g/mol. The van der Waals surface area contributed by atoms with E-state index in [0.29, 0.717) is 5.39 Å². The van der Waals surface area contributed by atoms with E-state index in [1.807, 2.05) is 6.07 Å². The van der Waals surface area contributed by atoms with Crippen molar-refractivity contribution in [2.24, 2.45) is 0 Å². The molecule has 102 valence electrons. The number of nitrogens with one attached hydrogen (secondary N) is 2. The van der Waals surface area contributed by atoms with E-state index in [1.165, 1.54) is 12.1 Å². The van der Waals surface area contributed by atoms with Gasteiger partial charge in [0.05, 0.1) is 11.2 Å². The summed E-state index contributed by atoms with van der Waals surface area (Å²) in [4.78, 5) is 12.2. The SMILES string of the molecule is N#Cc1c(F)cccc1NC(=O)c1n[nH]c2ccccc12. The van der Waals surface area contributed by atoms with Crippen LogP contribution in [0, 0.1) is 17.1 Å². The zero-order valence-corrected chi connectivity index (χ0v) is 10.7. The van der Waals surface area contributed by atoms with Crippen molar-refractivity contribution >= 4 is 22.5 Å². The number of amides is 1. The Bertz CT molecular complexity index is 879. The van der Waals surface area contributed by atoms with Gasteiger partial charge in [-0.2, -0.15) is 10.4 Å². The lowest BCUT2D eigenvalue weighted by Gasteiger charge is -2.06. The van der Waals surface area contributed by atoms with Crippen LogP contribution in [0.4, 0.5) is 10.1 Å². The van der Waals surface area contributed by atoms with Crippen molar-refractivity contribution in [3.8, 4) is 6.07 Å². The smallest absolute Gasteiger partial charge is 0.276 e. The van der Waals surface area contributed by atoms with E-state index < -0.39 is 11.7 Å². The average molecular weight is 280 g/mol. The normalized spacial score (nSPS) is 10.3. The van der Waals surface area contributed by atoms with Gasteiger partial charge in [0.1, 0.15) is 17.4 Å². The maximum atomic E-state index is 13.5. The first-order valence-electron chi connectivity index (χ1n) is 6.14. The van der Waals surface area contributed by atoms with Crippen LogP contribution < -0.4 is 5.32 Å². The van der Waals surface area contributed by atoms with Crippen molar-refractivity contribution in [3.63, 3.8) is 0 Å². The molecule has 2 N–H and O–H groups in total. The number of aromatic nitrogens is 2. The van der Waals surface area contributed by atoms with E-state index in [1.54, 1.807) is 24.3 Å². The van der Waals surface area contributed by atoms with Crippen molar-refractivity contribution < 1.29 is 9.18 Å². The quantitative estimate of drug-likeness (QED) is 0.757. The van der Waals surface area contributed by atoms with Gasteiger partial charge in [-0.15, -0.1) is 0 Å². The molecule has 3 rings (SSSR count). The summed E-state index contributed by atoms with van der Waals surface area (Å²) in [6.07, 6.45) is 0. The van der Waals surface area contributed by atoms with E-state index in [-0.39, 0.29) is 16.9 Å². The molecule has 0 bridgehead atoms. The number of hydrogen-bond acceptors (Lipinski definition) is 3. The molecule has 0 spiro atoms. The van der Waals surface area contributed by atoms with Crippen LogP contribution in [-0.2, 0) is 0 Å². The highest BCUT2D eigenvalue weighted by molar-refractivity contribution is 6.11. The lowest BCUT2D eigenvalue weighted by molar-refractivity contribution is 0.102. The largest absolute Gasteiger partial charge is 0.319 e. The lowest BCUT2D eigenvalue weighted by atomic mass is 10.1. The minimum atomic E-state index is -0.679. The second kappa shape index (κ2) is 5.06. The number of benzene rings is 2. The van der Waals surface area contributed by atoms with Crippen molar-refractivity contribution in [3.05, 3.63) is 59.5 Å². The standard InChI is InChI=1S/C15H9FN4O/c16-11-5-3-7-12(10(11)8-17)18-15(21)14-9-4-1-2-6-13(9)19-20-14/h1-7H,(H,18,21)(H,19,20). The molecular weight excluding hydrogens is 271 g/mol. The summed E-state index contributed by atoms with van der Waals surface area (Å²) in [7, 11) is 0. The maximum Gasteiger partial charge on any atom is 0.276 e. The Morgan fingerprint density at radius 1 is 1.24 bits per heavy atom. The second-order valence-electron chi connectivity index (χ2n) is 4.35. The number of nitrogens with zero attached hydrogens (tertiary/aromatic N) is 2. The van der Waals surface area contributed by atoms with E-state index in [9.17, 15) is 9.18 Å². The summed E-state index contributed by atoms with van der Waals surface area (Å²) in [6, 6.07) is 12.9. The molecule has 5 nitrogen and oxygen atoms in total. The van der Waals surface area contributed by atoms with Gasteiger partial charge in [0.15, 0.2) is 5.69 Å². The molecule has 0 aliphatic heterocycles. The topological polar surface area (TPSA) is 81.6 Å². The van der Waals surface area contributed by atoms with Gasteiger partial charge in [-0.1, -0.05) is 24.3 Å². The van der Waals surface area contributed by atoms with Crippen LogP contribution in [0.3, 0.4) is 0 Å². The van der Waals surface area contributed by atoms with E-state index in [2.05, 4.69) is 15.5 Å². The molecule has 0 radical (unpaired) electrons. The van der Waals surface area contributed by atoms with Gasteiger partial charge in [-0.3, -0.25) is 9.89 Å². The number of rotatable bonds is 2. The minimum absolute atomic E-state index is 0.120. The summed E-state index contributed by atoms with van der Waals surface area (Å²) in [6.45, 7) is 0. The number of nitriles is 1. The van der Waals surface area contributed by atoms with Gasteiger partial charge in [0.2, 0.25) is 0 Å². The molecule has 0 saturated carbocycles. The van der Waals surface area contributed by atoms with Gasteiger partial charge in [0.25, 0.3) is 5.91 Å². The number of carbonyl (C=O) groups is 1. The molecule has 0 atom stereocenters. The zero-order valence-electron chi connectivity index (χ0n) is 10.7. The highest BCUT2D eigenvalue weighted by Crippen LogP contribution is 2.20. The van der Waals surface area contributed by atoms with E-state index in [4.69, 9.17) is 5.26 Å². The number of anilines is 1. The van der Waals surface area contributed by atoms with Crippen molar-refractivity contribution in [1.29, 1.82) is 5.26 Å². The Morgan fingerprint density at radius 2 is 2.05 bits per heavy atom. The Hall–Kier alpha value is -3.20. The number of H-pyrrole nitrogens is 1. The Labute approximate surface area is 119 Å². The number of aromatic amines is 1. The third-order valence-corrected chi connectivity index (χ3v) is 3.06. The first kappa shape index (κ1) is 12.8. The lowest BCUT2D eigenvalue weighted by Crippen LogP contribution is -2.14. The van der Waals surface area contributed by atoms with Gasteiger partial charge >= 0.3 is 0 Å². The maximum absolute atomic E-state index is 13.5. The fraction of sp³-hybridized carbons (Fsp3) is 0. The van der Waals surface area contributed by atoms with Crippen LogP contribution >= 0.6 is 0 Å². The third kappa shape index (κ3) is 2.21. The summed E-state index contributed by atoms with van der Waals surface area (Å²) < 4.78 is 13.5. The highest BCUT2D eigenvalue weighted by Gasteiger charge is 2.16. The summed E-state index contributed by atoms with van der Waals surface area (Å²) in [5, 5.41) is 18.8. The minimum Gasteiger partial charge on any atom is -0.319 e. The molecule has 2 aromatic carbocycles. The van der Waals surface area contributed by atoms with Gasteiger partial charge in [-0.25, -0.2) is 4.39 Å². The van der Waals surface area contributed by atoms with Gasteiger partial charge in [-0.05, 0) is 18.2 Å². The van der Waals surface area contributed by atoms with Gasteiger partial charge in [0, 0.05) is 5.39 Å². The van der Waals surface area contributed by atoms with E-state index >= 15 is 0 Å². The Balaban J connectivity index is 1.98. The summed E-state index contributed by atoms with van der Waals surface area (Å²) in [5.41, 5.74) is 0.835. The molecule has 21 heavy (non-hydrogen) atoms. The highest BCUT2D eigenvalue weighted by atomic mass is 19.1. The number of carbonyl (C=O) groups excluding carboxylic acids is 1. The number of halogens is 1. The van der Waals surface area contributed by atoms with Gasteiger partial charge < -0.3 is 5.32 Å². The molecule has 0 unspecified atom stereocenters. The molecular formula is C15H9FN4O. The summed E-state index contributed by atoms with van der Waals surface area (Å²) in [5.74, 6) is -1.18. The molecule has 3 aromatic rings. The average Bonchev–Trinajstić information content (AvgIpc) is 2.91. The molecule has 0 saturated heterocycles. The molecule has 0 aliphatic carbocycles. The van der Waals surface area contributed by atoms with Crippen LogP contribution in [0.1, 0.15) is 16.1 Å². The van der Waals surface area contributed by atoms with Crippen molar-refractivity contribution in [2.75, 3.05) is 5.32 Å². The fourth-order valence-corrected chi connectivity index (χ4v) is 2.06. The van der Waals surface area contributed by atoms with Crippen LogP contribution in [0.2, 0.25) is 0 Å². The zero-order chi connectivity index (χ0) is 14.8. The van der Waals surface area contributed by atoms with Crippen LogP contribution in [-0.4, -0.2) is 16.1 Å². The molecule has 0 fully saturated rings. The second-order valence-corrected chi connectivity index (χ2v) is 4.35.